The molecule has 1 unspecified atom stereocenters. The van der Waals surface area contributed by atoms with Crippen LogP contribution in [0.5, 0.6) is 0 Å². The number of hydrogen-bond acceptors (Lipinski definition) is 3. The second-order valence-corrected chi connectivity index (χ2v) is 5.51. The first-order valence-corrected chi connectivity index (χ1v) is 6.81. The monoisotopic (exact) mass is 284 g/mol. The van der Waals surface area contributed by atoms with Crippen molar-refractivity contribution in [1.82, 2.24) is 5.43 Å². The van der Waals surface area contributed by atoms with E-state index in [0.717, 1.165) is 10.4 Å². The van der Waals surface area contributed by atoms with Crippen molar-refractivity contribution >= 4 is 22.9 Å². The molecule has 0 saturated carbocycles. The third kappa shape index (κ3) is 2.90. The second-order valence-electron chi connectivity index (χ2n) is 4.13. The standard InChI is InChI=1S/C13H14ClFN2S/c1-8-4-5-18-13(8)12(17-16)6-9-2-3-10(14)7-11(9)15/h2-5,7,12,17H,6,16H2,1H3. The highest BCUT2D eigenvalue weighted by atomic mass is 35.5. The van der Waals surface area contributed by atoms with Crippen LogP contribution in [0.2, 0.25) is 5.02 Å². The largest absolute Gasteiger partial charge is 0.271 e. The highest BCUT2D eigenvalue weighted by molar-refractivity contribution is 7.10. The molecule has 1 heterocycles. The molecule has 96 valence electrons. The summed E-state index contributed by atoms with van der Waals surface area (Å²) in [5, 5.41) is 2.41. The lowest BCUT2D eigenvalue weighted by Gasteiger charge is -2.16. The number of aryl methyl sites for hydroxylation is 1. The smallest absolute Gasteiger partial charge is 0.127 e. The summed E-state index contributed by atoms with van der Waals surface area (Å²) in [6.07, 6.45) is 0.501. The number of nitrogens with two attached hydrogens (primary N) is 1. The lowest BCUT2D eigenvalue weighted by Crippen LogP contribution is -2.29. The van der Waals surface area contributed by atoms with Gasteiger partial charge in [-0.2, -0.15) is 0 Å². The Kier molecular flexibility index (Phi) is 4.35. The predicted molar refractivity (Wildman–Crippen MR) is 74.2 cm³/mol. The number of halogens is 2. The number of hydrazine groups is 1. The van der Waals surface area contributed by atoms with Gasteiger partial charge in [0.25, 0.3) is 0 Å². The van der Waals surface area contributed by atoms with E-state index in [9.17, 15) is 4.39 Å². The van der Waals surface area contributed by atoms with Gasteiger partial charge < -0.3 is 0 Å². The molecule has 1 aromatic heterocycles. The number of rotatable bonds is 4. The minimum atomic E-state index is -0.294. The molecule has 0 aliphatic rings. The zero-order valence-corrected chi connectivity index (χ0v) is 11.5. The molecule has 2 rings (SSSR count). The molecule has 0 bridgehead atoms. The Labute approximate surface area is 115 Å². The van der Waals surface area contributed by atoms with E-state index in [1.54, 1.807) is 23.5 Å². The van der Waals surface area contributed by atoms with Crippen LogP contribution in [0.3, 0.4) is 0 Å². The van der Waals surface area contributed by atoms with Crippen LogP contribution < -0.4 is 11.3 Å². The van der Waals surface area contributed by atoms with Crippen LogP contribution in [0, 0.1) is 12.7 Å². The Morgan fingerprint density at radius 2 is 2.22 bits per heavy atom. The second kappa shape index (κ2) is 5.80. The van der Waals surface area contributed by atoms with E-state index in [0.29, 0.717) is 17.0 Å². The van der Waals surface area contributed by atoms with Crippen molar-refractivity contribution in [3.63, 3.8) is 0 Å². The van der Waals surface area contributed by atoms with Crippen molar-refractivity contribution in [3.05, 3.63) is 56.5 Å². The molecule has 0 aliphatic heterocycles. The summed E-state index contributed by atoms with van der Waals surface area (Å²) >= 11 is 7.35. The van der Waals surface area contributed by atoms with Gasteiger partial charge in [0.1, 0.15) is 5.82 Å². The van der Waals surface area contributed by atoms with E-state index in [4.69, 9.17) is 17.4 Å². The summed E-state index contributed by atoms with van der Waals surface area (Å²) in [5.41, 5.74) is 4.52. The molecule has 2 aromatic rings. The van der Waals surface area contributed by atoms with Crippen LogP contribution >= 0.6 is 22.9 Å². The van der Waals surface area contributed by atoms with Gasteiger partial charge in [0.15, 0.2) is 0 Å². The van der Waals surface area contributed by atoms with Gasteiger partial charge in [-0.05, 0) is 48.1 Å². The summed E-state index contributed by atoms with van der Waals surface area (Å²) in [4.78, 5) is 1.13. The first-order valence-electron chi connectivity index (χ1n) is 5.56. The first kappa shape index (κ1) is 13.5. The molecule has 0 fully saturated rings. The van der Waals surface area contributed by atoms with Crippen molar-refractivity contribution in [2.45, 2.75) is 19.4 Å². The van der Waals surface area contributed by atoms with Gasteiger partial charge in [0.2, 0.25) is 0 Å². The number of nitrogens with one attached hydrogen (secondary N) is 1. The zero-order valence-electron chi connectivity index (χ0n) is 9.91. The Morgan fingerprint density at radius 3 is 2.78 bits per heavy atom. The maximum atomic E-state index is 13.7. The van der Waals surface area contributed by atoms with E-state index < -0.39 is 0 Å². The van der Waals surface area contributed by atoms with E-state index in [2.05, 4.69) is 5.43 Å². The molecule has 0 amide bonds. The van der Waals surface area contributed by atoms with Gasteiger partial charge in [-0.15, -0.1) is 11.3 Å². The van der Waals surface area contributed by atoms with E-state index in [-0.39, 0.29) is 11.9 Å². The molecule has 5 heteroatoms. The van der Waals surface area contributed by atoms with Crippen LogP contribution in [0.4, 0.5) is 4.39 Å². The van der Waals surface area contributed by atoms with Crippen LogP contribution in [0.1, 0.15) is 22.0 Å². The third-order valence-corrected chi connectivity index (χ3v) is 4.23. The molecular formula is C13H14ClFN2S. The van der Waals surface area contributed by atoms with Crippen molar-refractivity contribution in [1.29, 1.82) is 0 Å². The summed E-state index contributed by atoms with van der Waals surface area (Å²) in [6.45, 7) is 2.02. The Morgan fingerprint density at radius 1 is 1.44 bits per heavy atom. The maximum absolute atomic E-state index is 13.7. The lowest BCUT2D eigenvalue weighted by molar-refractivity contribution is 0.534. The lowest BCUT2D eigenvalue weighted by atomic mass is 10.0. The molecule has 0 aliphatic carbocycles. The highest BCUT2D eigenvalue weighted by Gasteiger charge is 2.16. The van der Waals surface area contributed by atoms with Gasteiger partial charge in [-0.3, -0.25) is 11.3 Å². The van der Waals surface area contributed by atoms with Crippen LogP contribution in [0.15, 0.2) is 29.6 Å². The van der Waals surface area contributed by atoms with Crippen LogP contribution in [-0.4, -0.2) is 0 Å². The zero-order chi connectivity index (χ0) is 13.1. The van der Waals surface area contributed by atoms with Gasteiger partial charge in [-0.25, -0.2) is 4.39 Å². The summed E-state index contributed by atoms with van der Waals surface area (Å²) in [5.74, 6) is 5.27. The molecule has 18 heavy (non-hydrogen) atoms. The van der Waals surface area contributed by atoms with Gasteiger partial charge in [0, 0.05) is 9.90 Å². The van der Waals surface area contributed by atoms with Crippen LogP contribution in [0.25, 0.3) is 0 Å². The highest BCUT2D eigenvalue weighted by Crippen LogP contribution is 2.27. The van der Waals surface area contributed by atoms with E-state index in [1.165, 1.54) is 6.07 Å². The average Bonchev–Trinajstić information content (AvgIpc) is 2.75. The summed E-state index contributed by atoms with van der Waals surface area (Å²) < 4.78 is 13.7. The quantitative estimate of drug-likeness (QED) is 0.665. The molecular weight excluding hydrogens is 271 g/mol. The summed E-state index contributed by atoms with van der Waals surface area (Å²) in [6, 6.07) is 6.66. The predicted octanol–water partition coefficient (Wildman–Crippen LogP) is 3.60. The van der Waals surface area contributed by atoms with Gasteiger partial charge in [-0.1, -0.05) is 17.7 Å². The fraction of sp³-hybridized carbons (Fsp3) is 0.231. The minimum absolute atomic E-state index is 0.0827. The van der Waals surface area contributed by atoms with Crippen LogP contribution in [-0.2, 0) is 6.42 Å². The van der Waals surface area contributed by atoms with Crippen molar-refractivity contribution < 1.29 is 4.39 Å². The average molecular weight is 285 g/mol. The number of thiophene rings is 1. The van der Waals surface area contributed by atoms with E-state index >= 15 is 0 Å². The molecule has 1 atom stereocenters. The first-order chi connectivity index (χ1) is 8.61. The molecule has 1 aromatic carbocycles. The van der Waals surface area contributed by atoms with E-state index in [1.807, 2.05) is 18.4 Å². The van der Waals surface area contributed by atoms with Crippen molar-refractivity contribution in [2.24, 2.45) is 5.84 Å². The van der Waals surface area contributed by atoms with Gasteiger partial charge in [0.05, 0.1) is 6.04 Å². The Hall–Kier alpha value is -0.940. The normalized spacial score (nSPS) is 12.7. The third-order valence-electron chi connectivity index (χ3n) is 2.86. The molecule has 0 radical (unpaired) electrons. The Bertz CT molecular complexity index is 542. The minimum Gasteiger partial charge on any atom is -0.271 e. The SMILES string of the molecule is Cc1ccsc1C(Cc1ccc(Cl)cc1F)NN. The maximum Gasteiger partial charge on any atom is 0.127 e. The molecule has 3 N–H and O–H groups in total. The van der Waals surface area contributed by atoms with Crippen molar-refractivity contribution in [2.75, 3.05) is 0 Å². The fourth-order valence-corrected chi connectivity index (χ4v) is 3.02. The fourth-order valence-electron chi connectivity index (χ4n) is 1.88. The Balaban J connectivity index is 2.23. The molecule has 2 nitrogen and oxygen atoms in total. The summed E-state index contributed by atoms with van der Waals surface area (Å²) in [7, 11) is 0. The topological polar surface area (TPSA) is 38.0 Å². The van der Waals surface area contributed by atoms with Crippen molar-refractivity contribution in [3.8, 4) is 0 Å². The molecule has 0 saturated heterocycles. The number of benzene rings is 1. The molecule has 0 spiro atoms. The number of hydrogen-bond donors (Lipinski definition) is 2. The van der Waals surface area contributed by atoms with Gasteiger partial charge >= 0.3 is 0 Å².